The Morgan fingerprint density at radius 3 is 2.13 bits per heavy atom. The zero-order valence-electron chi connectivity index (χ0n) is 10.8. The van der Waals surface area contributed by atoms with Crippen LogP contribution in [0, 0.1) is 0 Å². The van der Waals surface area contributed by atoms with Gasteiger partial charge in [0.05, 0.1) is 0 Å². The lowest BCUT2D eigenvalue weighted by Crippen LogP contribution is -2.33. The quantitative estimate of drug-likeness (QED) is 0.615. The van der Waals surface area contributed by atoms with Gasteiger partial charge in [-0.3, -0.25) is 0 Å². The molecule has 0 radical (unpaired) electrons. The first-order valence-electron chi connectivity index (χ1n) is 7.05. The Bertz CT molecular complexity index is 136. The highest BCUT2D eigenvalue weighted by molar-refractivity contribution is 4.71. The van der Waals surface area contributed by atoms with E-state index in [4.69, 9.17) is 0 Å². The Kier molecular flexibility index (Phi) is 7.08. The number of unbranched alkanes of at least 4 members (excludes halogenated alkanes) is 2. The van der Waals surface area contributed by atoms with Gasteiger partial charge < -0.3 is 4.90 Å². The molecular formula is C14H29N. The van der Waals surface area contributed by atoms with Crippen molar-refractivity contribution in [1.29, 1.82) is 0 Å². The summed E-state index contributed by atoms with van der Waals surface area (Å²) < 4.78 is 0. The van der Waals surface area contributed by atoms with E-state index in [0.717, 1.165) is 6.04 Å². The highest BCUT2D eigenvalue weighted by atomic mass is 15.1. The van der Waals surface area contributed by atoms with E-state index in [9.17, 15) is 0 Å². The van der Waals surface area contributed by atoms with E-state index in [1.54, 1.807) is 0 Å². The third kappa shape index (κ3) is 5.55. The van der Waals surface area contributed by atoms with Crippen molar-refractivity contribution in [3.63, 3.8) is 0 Å². The van der Waals surface area contributed by atoms with E-state index >= 15 is 0 Å². The molecule has 0 heterocycles. The van der Waals surface area contributed by atoms with Crippen LogP contribution in [-0.2, 0) is 0 Å². The van der Waals surface area contributed by atoms with Crippen LogP contribution >= 0.6 is 0 Å². The average Bonchev–Trinajstić information content (AvgIpc) is 2.17. The van der Waals surface area contributed by atoms with Crippen LogP contribution in [0.4, 0.5) is 0 Å². The summed E-state index contributed by atoms with van der Waals surface area (Å²) in [7, 11) is 2.34. The van der Waals surface area contributed by atoms with Gasteiger partial charge in [-0.15, -0.1) is 0 Å². The summed E-state index contributed by atoms with van der Waals surface area (Å²) in [4.78, 5) is 2.63. The van der Waals surface area contributed by atoms with E-state index < -0.39 is 0 Å². The number of hydrogen-bond donors (Lipinski definition) is 0. The summed E-state index contributed by atoms with van der Waals surface area (Å²) in [6.07, 6.45) is 14.4. The first-order valence-corrected chi connectivity index (χ1v) is 7.05. The van der Waals surface area contributed by atoms with Crippen molar-refractivity contribution in [2.75, 3.05) is 13.6 Å². The Hall–Kier alpha value is -0.0400. The van der Waals surface area contributed by atoms with Crippen LogP contribution < -0.4 is 0 Å². The molecule has 0 aromatic heterocycles. The fourth-order valence-electron chi connectivity index (χ4n) is 2.67. The van der Waals surface area contributed by atoms with Crippen LogP contribution in [0.25, 0.3) is 0 Å². The maximum atomic E-state index is 2.63. The second-order valence-corrected chi connectivity index (χ2v) is 5.19. The van der Waals surface area contributed by atoms with E-state index in [2.05, 4.69) is 18.9 Å². The fraction of sp³-hybridized carbons (Fsp3) is 1.00. The summed E-state index contributed by atoms with van der Waals surface area (Å²) in [6.45, 7) is 3.61. The monoisotopic (exact) mass is 211 g/mol. The summed E-state index contributed by atoms with van der Waals surface area (Å²) in [5.41, 5.74) is 0. The second kappa shape index (κ2) is 8.15. The van der Waals surface area contributed by atoms with Gasteiger partial charge in [-0.25, -0.2) is 0 Å². The van der Waals surface area contributed by atoms with Crippen LogP contribution in [0.5, 0.6) is 0 Å². The molecule has 0 amide bonds. The molecule has 0 aromatic rings. The molecule has 0 N–H and O–H groups in total. The summed E-state index contributed by atoms with van der Waals surface area (Å²) in [6, 6.07) is 0.891. The molecule has 1 rings (SSSR count). The van der Waals surface area contributed by atoms with Gasteiger partial charge in [0.1, 0.15) is 0 Å². The van der Waals surface area contributed by atoms with Crippen molar-refractivity contribution >= 4 is 0 Å². The molecule has 0 spiro atoms. The molecule has 0 unspecified atom stereocenters. The molecular weight excluding hydrogens is 182 g/mol. The van der Waals surface area contributed by atoms with Crippen LogP contribution in [0.3, 0.4) is 0 Å². The fourth-order valence-corrected chi connectivity index (χ4v) is 2.67. The average molecular weight is 211 g/mol. The van der Waals surface area contributed by atoms with Crippen molar-refractivity contribution in [3.8, 4) is 0 Å². The Labute approximate surface area is 96.2 Å². The second-order valence-electron chi connectivity index (χ2n) is 5.19. The zero-order chi connectivity index (χ0) is 10.9. The minimum atomic E-state index is 0.891. The van der Waals surface area contributed by atoms with E-state index in [0.29, 0.717) is 0 Å². The Morgan fingerprint density at radius 1 is 0.933 bits per heavy atom. The Balaban J connectivity index is 2.19. The molecule has 1 aliphatic rings. The van der Waals surface area contributed by atoms with Crippen LogP contribution in [0.2, 0.25) is 0 Å². The highest BCUT2D eigenvalue weighted by Gasteiger charge is 2.15. The molecule has 1 heteroatoms. The summed E-state index contributed by atoms with van der Waals surface area (Å²) in [5.74, 6) is 0. The molecule has 0 atom stereocenters. The molecule has 0 aromatic carbocycles. The SMILES string of the molecule is CCCCCN(C)C1CCCCCCC1. The van der Waals surface area contributed by atoms with E-state index in [1.165, 1.54) is 70.8 Å². The molecule has 0 saturated heterocycles. The van der Waals surface area contributed by atoms with Crippen LogP contribution in [0.15, 0.2) is 0 Å². The first kappa shape index (κ1) is 13.0. The summed E-state index contributed by atoms with van der Waals surface area (Å²) >= 11 is 0. The van der Waals surface area contributed by atoms with Crippen molar-refractivity contribution in [2.24, 2.45) is 0 Å². The lowest BCUT2D eigenvalue weighted by Gasteiger charge is -2.29. The minimum absolute atomic E-state index is 0.891. The first-order chi connectivity index (χ1) is 7.34. The Morgan fingerprint density at radius 2 is 1.53 bits per heavy atom. The number of nitrogens with zero attached hydrogens (tertiary/aromatic N) is 1. The molecule has 1 nitrogen and oxygen atoms in total. The van der Waals surface area contributed by atoms with Gasteiger partial charge in [0.15, 0.2) is 0 Å². The minimum Gasteiger partial charge on any atom is -0.303 e. The van der Waals surface area contributed by atoms with Gasteiger partial charge in [-0.05, 0) is 32.9 Å². The van der Waals surface area contributed by atoms with Crippen molar-refractivity contribution in [2.45, 2.75) is 77.2 Å². The molecule has 1 aliphatic carbocycles. The van der Waals surface area contributed by atoms with Crippen LogP contribution in [-0.4, -0.2) is 24.5 Å². The maximum Gasteiger partial charge on any atom is 0.00922 e. The van der Waals surface area contributed by atoms with Gasteiger partial charge in [-0.1, -0.05) is 51.9 Å². The molecule has 0 aliphatic heterocycles. The zero-order valence-corrected chi connectivity index (χ0v) is 10.8. The van der Waals surface area contributed by atoms with E-state index in [1.807, 2.05) is 0 Å². The molecule has 1 saturated carbocycles. The van der Waals surface area contributed by atoms with Crippen molar-refractivity contribution in [3.05, 3.63) is 0 Å². The topological polar surface area (TPSA) is 3.24 Å². The van der Waals surface area contributed by atoms with Gasteiger partial charge in [0.2, 0.25) is 0 Å². The highest BCUT2D eigenvalue weighted by Crippen LogP contribution is 2.20. The maximum absolute atomic E-state index is 2.63. The van der Waals surface area contributed by atoms with Crippen molar-refractivity contribution < 1.29 is 0 Å². The van der Waals surface area contributed by atoms with Gasteiger partial charge in [0.25, 0.3) is 0 Å². The van der Waals surface area contributed by atoms with Gasteiger partial charge in [-0.2, -0.15) is 0 Å². The molecule has 1 fully saturated rings. The normalized spacial score (nSPS) is 20.2. The van der Waals surface area contributed by atoms with Crippen LogP contribution in [0.1, 0.15) is 71.1 Å². The standard InChI is InChI=1S/C14H29N/c1-3-4-10-13-15(2)14-11-8-6-5-7-9-12-14/h14H,3-13H2,1-2H3. The van der Waals surface area contributed by atoms with E-state index in [-0.39, 0.29) is 0 Å². The molecule has 90 valence electrons. The van der Waals surface area contributed by atoms with Crippen molar-refractivity contribution in [1.82, 2.24) is 4.90 Å². The number of rotatable bonds is 5. The summed E-state index contributed by atoms with van der Waals surface area (Å²) in [5, 5.41) is 0. The smallest absolute Gasteiger partial charge is 0.00922 e. The third-order valence-electron chi connectivity index (χ3n) is 3.81. The predicted octanol–water partition coefficient (Wildman–Crippen LogP) is 4.22. The molecule has 15 heavy (non-hydrogen) atoms. The lowest BCUT2D eigenvalue weighted by molar-refractivity contribution is 0.200. The molecule has 0 bridgehead atoms. The number of hydrogen-bond acceptors (Lipinski definition) is 1. The van der Waals surface area contributed by atoms with Gasteiger partial charge >= 0.3 is 0 Å². The largest absolute Gasteiger partial charge is 0.303 e. The predicted molar refractivity (Wildman–Crippen MR) is 68.3 cm³/mol. The lowest BCUT2D eigenvalue weighted by atomic mass is 9.96. The van der Waals surface area contributed by atoms with Gasteiger partial charge in [0, 0.05) is 6.04 Å². The third-order valence-corrected chi connectivity index (χ3v) is 3.81.